The summed E-state index contributed by atoms with van der Waals surface area (Å²) in [5.74, 6) is -0.0487. The number of hydrogen-bond acceptors (Lipinski definition) is 3. The van der Waals surface area contributed by atoms with E-state index < -0.39 is 0 Å². The SMILES string of the molecule is Cn1nc(-c2ccccc2)cc1C(=O)N1CCN(C(=O)[C@H]2C[C@H]2c2ccc(F)cc2)CC1. The van der Waals surface area contributed by atoms with Crippen LogP contribution in [0.4, 0.5) is 4.39 Å². The molecule has 2 atom stereocenters. The fourth-order valence-electron chi connectivity index (χ4n) is 4.49. The van der Waals surface area contributed by atoms with Gasteiger partial charge in [-0.15, -0.1) is 0 Å². The Balaban J connectivity index is 1.19. The molecule has 2 aliphatic rings. The summed E-state index contributed by atoms with van der Waals surface area (Å²) in [4.78, 5) is 29.6. The largest absolute Gasteiger partial charge is 0.339 e. The summed E-state index contributed by atoms with van der Waals surface area (Å²) in [6, 6.07) is 18.0. The molecule has 0 spiro atoms. The molecule has 0 unspecified atom stereocenters. The van der Waals surface area contributed by atoms with Crippen LogP contribution < -0.4 is 0 Å². The van der Waals surface area contributed by atoms with Gasteiger partial charge in [0.05, 0.1) is 5.69 Å². The Morgan fingerprint density at radius 3 is 2.28 bits per heavy atom. The molecule has 2 fully saturated rings. The first-order valence-corrected chi connectivity index (χ1v) is 10.9. The molecule has 1 aliphatic heterocycles. The van der Waals surface area contributed by atoms with Crippen LogP contribution in [0.1, 0.15) is 28.4 Å². The smallest absolute Gasteiger partial charge is 0.272 e. The minimum atomic E-state index is -0.262. The lowest BCUT2D eigenvalue weighted by Gasteiger charge is -2.35. The third-order valence-corrected chi connectivity index (χ3v) is 6.45. The van der Waals surface area contributed by atoms with Crippen molar-refractivity contribution in [2.75, 3.05) is 26.2 Å². The Labute approximate surface area is 186 Å². The monoisotopic (exact) mass is 432 g/mol. The molecule has 6 nitrogen and oxygen atoms in total. The van der Waals surface area contributed by atoms with Crippen LogP contribution in [-0.2, 0) is 11.8 Å². The van der Waals surface area contributed by atoms with Crippen molar-refractivity contribution in [1.29, 1.82) is 0 Å². The lowest BCUT2D eigenvalue weighted by molar-refractivity contribution is -0.134. The Hall–Kier alpha value is -3.48. The Bertz CT molecular complexity index is 1130. The third-order valence-electron chi connectivity index (χ3n) is 6.45. The van der Waals surface area contributed by atoms with Crippen molar-refractivity contribution in [2.24, 2.45) is 13.0 Å². The number of piperazine rings is 1. The molecule has 3 aromatic rings. The molecular weight excluding hydrogens is 407 g/mol. The normalized spacial score (nSPS) is 20.3. The van der Waals surface area contributed by atoms with Gasteiger partial charge < -0.3 is 9.80 Å². The van der Waals surface area contributed by atoms with Gasteiger partial charge in [-0.25, -0.2) is 4.39 Å². The third kappa shape index (κ3) is 3.90. The maximum Gasteiger partial charge on any atom is 0.272 e. The van der Waals surface area contributed by atoms with Crippen molar-refractivity contribution >= 4 is 11.8 Å². The number of benzene rings is 2. The number of carbonyl (C=O) groups excluding carboxylic acids is 2. The molecule has 1 saturated heterocycles. The minimum Gasteiger partial charge on any atom is -0.339 e. The number of aromatic nitrogens is 2. The highest BCUT2D eigenvalue weighted by atomic mass is 19.1. The number of amides is 2. The number of rotatable bonds is 4. The summed E-state index contributed by atoms with van der Waals surface area (Å²) in [7, 11) is 1.78. The van der Waals surface area contributed by atoms with Gasteiger partial charge in [0.2, 0.25) is 5.91 Å². The molecule has 2 amide bonds. The summed E-state index contributed by atoms with van der Waals surface area (Å²) in [6.45, 7) is 2.07. The molecule has 0 bridgehead atoms. The molecule has 5 rings (SSSR count). The highest BCUT2D eigenvalue weighted by Crippen LogP contribution is 2.48. The molecule has 32 heavy (non-hydrogen) atoms. The maximum absolute atomic E-state index is 13.1. The summed E-state index contributed by atoms with van der Waals surface area (Å²) < 4.78 is 14.8. The highest BCUT2D eigenvalue weighted by Gasteiger charge is 2.46. The lowest BCUT2D eigenvalue weighted by Crippen LogP contribution is -2.51. The summed E-state index contributed by atoms with van der Waals surface area (Å²) in [5.41, 5.74) is 3.30. The van der Waals surface area contributed by atoms with E-state index in [1.165, 1.54) is 12.1 Å². The van der Waals surface area contributed by atoms with E-state index in [1.807, 2.05) is 41.3 Å². The first kappa shape index (κ1) is 20.4. The average Bonchev–Trinajstić information content (AvgIpc) is 3.53. The van der Waals surface area contributed by atoms with E-state index in [9.17, 15) is 14.0 Å². The molecule has 1 aliphatic carbocycles. The van der Waals surface area contributed by atoms with Gasteiger partial charge >= 0.3 is 0 Å². The summed E-state index contributed by atoms with van der Waals surface area (Å²) in [5, 5.41) is 4.50. The second-order valence-corrected chi connectivity index (χ2v) is 8.52. The molecule has 1 saturated carbocycles. The second-order valence-electron chi connectivity index (χ2n) is 8.52. The predicted molar refractivity (Wildman–Crippen MR) is 118 cm³/mol. The van der Waals surface area contributed by atoms with Crippen LogP contribution in [0.3, 0.4) is 0 Å². The van der Waals surface area contributed by atoms with Crippen LogP contribution >= 0.6 is 0 Å². The van der Waals surface area contributed by atoms with Gasteiger partial charge in [0.15, 0.2) is 0 Å². The first-order valence-electron chi connectivity index (χ1n) is 10.9. The van der Waals surface area contributed by atoms with E-state index in [-0.39, 0.29) is 29.5 Å². The lowest BCUT2D eigenvalue weighted by atomic mass is 10.1. The summed E-state index contributed by atoms with van der Waals surface area (Å²) in [6.07, 6.45) is 0.806. The number of hydrogen-bond donors (Lipinski definition) is 0. The molecule has 2 heterocycles. The second kappa shape index (κ2) is 8.22. The number of aryl methyl sites for hydroxylation is 1. The van der Waals surface area contributed by atoms with Crippen LogP contribution in [0.25, 0.3) is 11.3 Å². The van der Waals surface area contributed by atoms with Crippen LogP contribution in [0.15, 0.2) is 60.7 Å². The van der Waals surface area contributed by atoms with E-state index in [0.717, 1.165) is 23.2 Å². The van der Waals surface area contributed by atoms with Gasteiger partial charge in [0.25, 0.3) is 5.91 Å². The zero-order valence-electron chi connectivity index (χ0n) is 17.9. The topological polar surface area (TPSA) is 58.4 Å². The van der Waals surface area contributed by atoms with Gasteiger partial charge in [-0.3, -0.25) is 14.3 Å². The van der Waals surface area contributed by atoms with Crippen molar-refractivity contribution in [1.82, 2.24) is 19.6 Å². The fourth-order valence-corrected chi connectivity index (χ4v) is 4.49. The van der Waals surface area contributed by atoms with Crippen molar-refractivity contribution in [2.45, 2.75) is 12.3 Å². The van der Waals surface area contributed by atoms with Gasteiger partial charge in [0.1, 0.15) is 11.5 Å². The van der Waals surface area contributed by atoms with Crippen LogP contribution in [0.2, 0.25) is 0 Å². The maximum atomic E-state index is 13.1. The molecular formula is C25H25FN4O2. The average molecular weight is 432 g/mol. The van der Waals surface area contributed by atoms with Crippen molar-refractivity contribution in [3.8, 4) is 11.3 Å². The molecule has 0 N–H and O–H groups in total. The van der Waals surface area contributed by atoms with E-state index in [2.05, 4.69) is 5.10 Å². The quantitative estimate of drug-likeness (QED) is 0.636. The fraction of sp³-hybridized carbons (Fsp3) is 0.320. The van der Waals surface area contributed by atoms with Crippen LogP contribution in [-0.4, -0.2) is 57.6 Å². The van der Waals surface area contributed by atoms with Gasteiger partial charge in [0, 0.05) is 44.7 Å². The van der Waals surface area contributed by atoms with E-state index in [4.69, 9.17) is 0 Å². The molecule has 2 aromatic carbocycles. The van der Waals surface area contributed by atoms with Gasteiger partial charge in [-0.2, -0.15) is 5.10 Å². The number of carbonyl (C=O) groups is 2. The molecule has 0 radical (unpaired) electrons. The highest BCUT2D eigenvalue weighted by molar-refractivity contribution is 5.94. The molecule has 1 aromatic heterocycles. The Kier molecular flexibility index (Phi) is 5.25. The molecule has 7 heteroatoms. The Morgan fingerprint density at radius 1 is 0.938 bits per heavy atom. The number of nitrogens with zero attached hydrogens (tertiary/aromatic N) is 4. The first-order chi connectivity index (χ1) is 15.5. The summed E-state index contributed by atoms with van der Waals surface area (Å²) >= 11 is 0. The minimum absolute atomic E-state index is 0.0341. The Morgan fingerprint density at radius 2 is 1.59 bits per heavy atom. The van der Waals surface area contributed by atoms with Gasteiger partial charge in [-0.1, -0.05) is 42.5 Å². The van der Waals surface area contributed by atoms with Gasteiger partial charge in [-0.05, 0) is 36.1 Å². The van der Waals surface area contributed by atoms with Crippen molar-refractivity contribution in [3.63, 3.8) is 0 Å². The van der Waals surface area contributed by atoms with Crippen molar-refractivity contribution < 1.29 is 14.0 Å². The molecule has 164 valence electrons. The number of halogens is 1. The van der Waals surface area contributed by atoms with E-state index in [0.29, 0.717) is 31.9 Å². The predicted octanol–water partition coefficient (Wildman–Crippen LogP) is 3.31. The zero-order valence-corrected chi connectivity index (χ0v) is 17.9. The zero-order chi connectivity index (χ0) is 22.2. The van der Waals surface area contributed by atoms with E-state index >= 15 is 0 Å². The van der Waals surface area contributed by atoms with Crippen LogP contribution in [0, 0.1) is 11.7 Å². The van der Waals surface area contributed by atoms with Crippen LogP contribution in [0.5, 0.6) is 0 Å². The standard InChI is InChI=1S/C25H25FN4O2/c1-28-23(16-22(27-28)18-5-3-2-4-6-18)25(32)30-13-11-29(12-14-30)24(31)21-15-20(21)17-7-9-19(26)10-8-17/h2-10,16,20-21H,11-15H2,1H3/t20-,21-/m0/s1. The van der Waals surface area contributed by atoms with E-state index in [1.54, 1.807) is 28.8 Å². The van der Waals surface area contributed by atoms with Crippen molar-refractivity contribution in [3.05, 3.63) is 77.7 Å².